The zero-order valence-electron chi connectivity index (χ0n) is 9.33. The van der Waals surface area contributed by atoms with Crippen LogP contribution < -0.4 is 5.32 Å². The number of nitrogens with zero attached hydrogens (tertiary/aromatic N) is 1. The summed E-state index contributed by atoms with van der Waals surface area (Å²) in [6.07, 6.45) is 3.39. The second-order valence-corrected chi connectivity index (χ2v) is 4.46. The third-order valence-corrected chi connectivity index (χ3v) is 3.12. The summed E-state index contributed by atoms with van der Waals surface area (Å²) < 4.78 is 13.2. The molecule has 0 spiro atoms. The molecule has 1 unspecified atom stereocenters. The van der Waals surface area contributed by atoms with Gasteiger partial charge in [-0.15, -0.1) is 0 Å². The van der Waals surface area contributed by atoms with E-state index in [-0.39, 0.29) is 11.9 Å². The minimum atomic E-state index is -0.257. The fraction of sp³-hybridized carbons (Fsp3) is 0.462. The van der Waals surface area contributed by atoms with Gasteiger partial charge in [0.05, 0.1) is 6.07 Å². The van der Waals surface area contributed by atoms with E-state index < -0.39 is 0 Å². The van der Waals surface area contributed by atoms with Crippen molar-refractivity contribution in [3.8, 4) is 6.07 Å². The third-order valence-electron chi connectivity index (χ3n) is 3.12. The van der Waals surface area contributed by atoms with Crippen molar-refractivity contribution in [2.24, 2.45) is 5.92 Å². The Morgan fingerprint density at radius 3 is 2.69 bits per heavy atom. The predicted molar refractivity (Wildman–Crippen MR) is 61.5 cm³/mol. The lowest BCUT2D eigenvalue weighted by Crippen LogP contribution is -2.32. The summed E-state index contributed by atoms with van der Waals surface area (Å²) in [5.74, 6) is 0.168. The quantitative estimate of drug-likeness (QED) is 0.845. The first-order valence-corrected chi connectivity index (χ1v) is 5.62. The molecule has 1 aliphatic carbocycles. The number of anilines is 1. The zero-order valence-corrected chi connectivity index (χ0v) is 9.33. The third kappa shape index (κ3) is 2.33. The van der Waals surface area contributed by atoms with Crippen molar-refractivity contribution >= 4 is 5.69 Å². The van der Waals surface area contributed by atoms with Crippen LogP contribution in [0.1, 0.15) is 24.8 Å². The van der Waals surface area contributed by atoms with E-state index >= 15 is 0 Å². The van der Waals surface area contributed by atoms with E-state index in [2.05, 4.69) is 11.4 Å². The summed E-state index contributed by atoms with van der Waals surface area (Å²) in [4.78, 5) is 0. The topological polar surface area (TPSA) is 35.8 Å². The predicted octanol–water partition coefficient (Wildman–Crippen LogP) is 3.24. The van der Waals surface area contributed by atoms with Crippen molar-refractivity contribution < 1.29 is 4.39 Å². The molecule has 0 saturated heterocycles. The van der Waals surface area contributed by atoms with Crippen LogP contribution in [0, 0.1) is 30.0 Å². The maximum absolute atomic E-state index is 13.2. The summed E-state index contributed by atoms with van der Waals surface area (Å²) in [6, 6.07) is 6.86. The van der Waals surface area contributed by atoms with Crippen LogP contribution >= 0.6 is 0 Å². The molecular formula is C13H15FN2. The molecule has 84 valence electrons. The Balaban J connectivity index is 2.09. The van der Waals surface area contributed by atoms with Crippen molar-refractivity contribution in [3.05, 3.63) is 29.6 Å². The lowest BCUT2D eigenvalue weighted by Gasteiger charge is -2.30. The summed E-state index contributed by atoms with van der Waals surface area (Å²) in [6.45, 7) is 1.85. The van der Waals surface area contributed by atoms with Crippen molar-refractivity contribution in [1.29, 1.82) is 5.26 Å². The van der Waals surface area contributed by atoms with Gasteiger partial charge in [-0.25, -0.2) is 4.39 Å². The smallest absolute Gasteiger partial charge is 0.125 e. The molecule has 2 rings (SSSR count). The first kappa shape index (κ1) is 10.9. The molecule has 1 aliphatic rings. The zero-order chi connectivity index (χ0) is 11.5. The first-order valence-electron chi connectivity index (χ1n) is 5.62. The lowest BCUT2D eigenvalue weighted by atomic mass is 9.80. The standard InChI is InChI=1S/C13H15FN2/c1-9-5-11(14)7-12(6-9)16-13(8-15)10-3-2-4-10/h5-7,10,13,16H,2-4H2,1H3. The van der Waals surface area contributed by atoms with Crippen LogP contribution in [0.2, 0.25) is 0 Å². The van der Waals surface area contributed by atoms with Crippen molar-refractivity contribution in [1.82, 2.24) is 0 Å². The van der Waals surface area contributed by atoms with Crippen molar-refractivity contribution in [3.63, 3.8) is 0 Å². The minimum Gasteiger partial charge on any atom is -0.370 e. The van der Waals surface area contributed by atoms with E-state index in [1.807, 2.05) is 13.0 Å². The molecule has 1 aromatic carbocycles. The van der Waals surface area contributed by atoms with Crippen LogP contribution in [0.15, 0.2) is 18.2 Å². The molecule has 1 saturated carbocycles. The van der Waals surface area contributed by atoms with Crippen LogP contribution in [0.5, 0.6) is 0 Å². The number of nitriles is 1. The highest BCUT2D eigenvalue weighted by molar-refractivity contribution is 5.48. The minimum absolute atomic E-state index is 0.185. The van der Waals surface area contributed by atoms with E-state index in [0.717, 1.165) is 18.4 Å². The molecular weight excluding hydrogens is 203 g/mol. The second-order valence-electron chi connectivity index (χ2n) is 4.46. The first-order chi connectivity index (χ1) is 7.69. The van der Waals surface area contributed by atoms with Crippen molar-refractivity contribution in [2.45, 2.75) is 32.2 Å². The molecule has 1 fully saturated rings. The van der Waals surface area contributed by atoms with E-state index in [1.165, 1.54) is 18.6 Å². The fourth-order valence-electron chi connectivity index (χ4n) is 2.03. The van der Waals surface area contributed by atoms with E-state index in [4.69, 9.17) is 5.26 Å². The van der Waals surface area contributed by atoms with Gasteiger partial charge in [-0.1, -0.05) is 6.42 Å². The highest BCUT2D eigenvalue weighted by atomic mass is 19.1. The normalized spacial score (nSPS) is 17.3. The molecule has 0 aromatic heterocycles. The van der Waals surface area contributed by atoms with Crippen LogP contribution in [-0.2, 0) is 0 Å². The molecule has 1 aromatic rings. The van der Waals surface area contributed by atoms with Crippen molar-refractivity contribution in [2.75, 3.05) is 5.32 Å². The molecule has 0 aliphatic heterocycles. The number of nitrogens with one attached hydrogen (secondary N) is 1. The van der Waals surface area contributed by atoms with Gasteiger partial charge in [0.25, 0.3) is 0 Å². The van der Waals surface area contributed by atoms with Gasteiger partial charge in [0, 0.05) is 5.69 Å². The molecule has 0 bridgehead atoms. The Hall–Kier alpha value is -1.56. The Morgan fingerprint density at radius 2 is 2.19 bits per heavy atom. The van der Waals surface area contributed by atoms with Gasteiger partial charge in [-0.2, -0.15) is 5.26 Å². The summed E-state index contributed by atoms with van der Waals surface area (Å²) in [5, 5.41) is 12.2. The van der Waals surface area contributed by atoms with Gasteiger partial charge in [-0.3, -0.25) is 0 Å². The number of aryl methyl sites for hydroxylation is 1. The monoisotopic (exact) mass is 218 g/mol. The number of rotatable bonds is 3. The number of halogens is 1. The van der Waals surface area contributed by atoms with Gasteiger partial charge in [-0.05, 0) is 49.4 Å². The lowest BCUT2D eigenvalue weighted by molar-refractivity contribution is 0.303. The van der Waals surface area contributed by atoms with Gasteiger partial charge in [0.2, 0.25) is 0 Å². The summed E-state index contributed by atoms with van der Waals surface area (Å²) >= 11 is 0. The van der Waals surface area contributed by atoms with Gasteiger partial charge >= 0.3 is 0 Å². The molecule has 1 atom stereocenters. The number of hydrogen-bond acceptors (Lipinski definition) is 2. The molecule has 1 N–H and O–H groups in total. The van der Waals surface area contributed by atoms with Gasteiger partial charge in [0.1, 0.15) is 11.9 Å². The highest BCUT2D eigenvalue weighted by Gasteiger charge is 2.27. The van der Waals surface area contributed by atoms with E-state index in [0.29, 0.717) is 11.6 Å². The second kappa shape index (κ2) is 4.52. The van der Waals surface area contributed by atoms with E-state index in [9.17, 15) is 4.39 Å². The average Bonchev–Trinajstić information content (AvgIpc) is 2.12. The number of benzene rings is 1. The SMILES string of the molecule is Cc1cc(F)cc(NC(C#N)C2CCC2)c1. The largest absolute Gasteiger partial charge is 0.370 e. The average molecular weight is 218 g/mol. The summed E-state index contributed by atoms with van der Waals surface area (Å²) in [7, 11) is 0. The maximum atomic E-state index is 13.2. The fourth-order valence-corrected chi connectivity index (χ4v) is 2.03. The Bertz CT molecular complexity index is 398. The van der Waals surface area contributed by atoms with Crippen LogP contribution in [-0.4, -0.2) is 6.04 Å². The molecule has 0 heterocycles. The Morgan fingerprint density at radius 1 is 1.44 bits per heavy atom. The van der Waals surface area contributed by atoms with Crippen LogP contribution in [0.3, 0.4) is 0 Å². The molecule has 2 nitrogen and oxygen atoms in total. The van der Waals surface area contributed by atoms with Gasteiger partial charge < -0.3 is 5.32 Å². The number of hydrogen-bond donors (Lipinski definition) is 1. The Labute approximate surface area is 95.1 Å². The summed E-state index contributed by atoms with van der Waals surface area (Å²) in [5.41, 5.74) is 1.57. The Kier molecular flexibility index (Phi) is 3.09. The molecule has 0 radical (unpaired) electrons. The van der Waals surface area contributed by atoms with Crippen LogP contribution in [0.25, 0.3) is 0 Å². The van der Waals surface area contributed by atoms with Gasteiger partial charge in [0.15, 0.2) is 0 Å². The molecule has 16 heavy (non-hydrogen) atoms. The maximum Gasteiger partial charge on any atom is 0.125 e. The molecule has 3 heteroatoms. The van der Waals surface area contributed by atoms with Crippen LogP contribution in [0.4, 0.5) is 10.1 Å². The highest BCUT2D eigenvalue weighted by Crippen LogP contribution is 2.31. The molecule has 0 amide bonds. The van der Waals surface area contributed by atoms with E-state index in [1.54, 1.807) is 0 Å².